The summed E-state index contributed by atoms with van der Waals surface area (Å²) in [5.74, 6) is 1.45. The lowest BCUT2D eigenvalue weighted by atomic mass is 9.95. The third-order valence-electron chi connectivity index (χ3n) is 4.05. The molecule has 0 aliphatic heterocycles. The van der Waals surface area contributed by atoms with Crippen LogP contribution in [0, 0.1) is 5.92 Å². The highest BCUT2D eigenvalue weighted by atomic mass is 16.5. The van der Waals surface area contributed by atoms with Gasteiger partial charge in [0.2, 0.25) is 5.91 Å². The molecular weight excluding hydrogens is 304 g/mol. The summed E-state index contributed by atoms with van der Waals surface area (Å²) in [5.41, 5.74) is 0. The Labute approximate surface area is 147 Å². The van der Waals surface area contributed by atoms with Gasteiger partial charge in [-0.1, -0.05) is 33.1 Å². The Morgan fingerprint density at radius 3 is 2.54 bits per heavy atom. The van der Waals surface area contributed by atoms with E-state index in [4.69, 9.17) is 4.74 Å². The van der Waals surface area contributed by atoms with Crippen LogP contribution in [0.1, 0.15) is 58.8 Å². The molecule has 140 valence electrons. The quantitative estimate of drug-likeness (QED) is 0.323. The Bertz CT molecular complexity index is 366. The topological polar surface area (TPSA) is 74.8 Å². The molecule has 0 aromatic heterocycles. The van der Waals surface area contributed by atoms with Crippen molar-refractivity contribution < 1.29 is 9.53 Å². The van der Waals surface area contributed by atoms with Gasteiger partial charge in [0.15, 0.2) is 5.96 Å². The third-order valence-corrected chi connectivity index (χ3v) is 4.05. The van der Waals surface area contributed by atoms with Gasteiger partial charge in [0.05, 0.1) is 0 Å². The monoisotopic (exact) mass is 340 g/mol. The number of aliphatic imine (C=N–C) groups is 1. The molecule has 1 saturated carbocycles. The first-order chi connectivity index (χ1) is 11.6. The van der Waals surface area contributed by atoms with Gasteiger partial charge >= 0.3 is 0 Å². The van der Waals surface area contributed by atoms with Crippen molar-refractivity contribution in [3.8, 4) is 0 Å². The van der Waals surface area contributed by atoms with Gasteiger partial charge < -0.3 is 20.7 Å². The lowest BCUT2D eigenvalue weighted by molar-refractivity contribution is -0.121. The van der Waals surface area contributed by atoms with Crippen LogP contribution in [0.5, 0.6) is 0 Å². The van der Waals surface area contributed by atoms with Gasteiger partial charge in [0.1, 0.15) is 0 Å². The summed E-state index contributed by atoms with van der Waals surface area (Å²) in [7, 11) is 1.74. The average Bonchev–Trinajstić information content (AvgIpc) is 2.57. The summed E-state index contributed by atoms with van der Waals surface area (Å²) in [6, 6.07) is 0.384. The first-order valence-electron chi connectivity index (χ1n) is 9.43. The van der Waals surface area contributed by atoms with Gasteiger partial charge in [0.25, 0.3) is 0 Å². The number of nitrogens with one attached hydrogen (secondary N) is 3. The summed E-state index contributed by atoms with van der Waals surface area (Å²) in [4.78, 5) is 16.1. The number of ether oxygens (including phenoxy) is 1. The van der Waals surface area contributed by atoms with Crippen LogP contribution in [0.15, 0.2) is 4.99 Å². The molecule has 1 aliphatic carbocycles. The SMILES string of the molecule is CN=C(NCCCOCC(C)C)NCCC(=O)NC1CCCCC1. The van der Waals surface area contributed by atoms with E-state index in [-0.39, 0.29) is 5.91 Å². The van der Waals surface area contributed by atoms with Crippen molar-refractivity contribution in [2.24, 2.45) is 10.9 Å². The molecule has 6 heteroatoms. The van der Waals surface area contributed by atoms with Gasteiger partial charge in [-0.05, 0) is 25.2 Å². The molecular formula is C18H36N4O2. The molecule has 0 radical (unpaired) electrons. The number of hydrogen-bond donors (Lipinski definition) is 3. The number of rotatable bonds is 10. The largest absolute Gasteiger partial charge is 0.381 e. The number of nitrogens with zero attached hydrogens (tertiary/aromatic N) is 1. The van der Waals surface area contributed by atoms with E-state index in [1.807, 2.05) is 0 Å². The summed E-state index contributed by atoms with van der Waals surface area (Å²) < 4.78 is 5.54. The normalized spacial score (nSPS) is 16.2. The molecule has 0 bridgehead atoms. The van der Waals surface area contributed by atoms with E-state index in [1.165, 1.54) is 19.3 Å². The summed E-state index contributed by atoms with van der Waals surface area (Å²) in [6.07, 6.45) is 7.45. The zero-order valence-corrected chi connectivity index (χ0v) is 15.7. The molecule has 1 fully saturated rings. The Hall–Kier alpha value is -1.30. The molecule has 1 rings (SSSR count). The van der Waals surface area contributed by atoms with Crippen molar-refractivity contribution in [3.63, 3.8) is 0 Å². The van der Waals surface area contributed by atoms with E-state index >= 15 is 0 Å². The van der Waals surface area contributed by atoms with Gasteiger partial charge in [-0.15, -0.1) is 0 Å². The van der Waals surface area contributed by atoms with Crippen LogP contribution < -0.4 is 16.0 Å². The molecule has 24 heavy (non-hydrogen) atoms. The smallest absolute Gasteiger partial charge is 0.221 e. The maximum atomic E-state index is 11.9. The molecule has 0 unspecified atom stereocenters. The minimum absolute atomic E-state index is 0.131. The fourth-order valence-corrected chi connectivity index (χ4v) is 2.76. The number of guanidine groups is 1. The van der Waals surface area contributed by atoms with E-state index in [0.717, 1.165) is 45.0 Å². The minimum atomic E-state index is 0.131. The molecule has 3 N–H and O–H groups in total. The second-order valence-corrected chi connectivity index (χ2v) is 6.90. The number of amides is 1. The Kier molecular flexibility index (Phi) is 11.3. The van der Waals surface area contributed by atoms with E-state index in [9.17, 15) is 4.79 Å². The zero-order chi connectivity index (χ0) is 17.6. The third kappa shape index (κ3) is 10.5. The molecule has 1 amide bonds. The second kappa shape index (κ2) is 13.0. The number of carbonyl (C=O) groups is 1. The van der Waals surface area contributed by atoms with E-state index in [1.54, 1.807) is 7.05 Å². The van der Waals surface area contributed by atoms with Crippen LogP contribution in [-0.4, -0.2) is 51.3 Å². The number of hydrogen-bond acceptors (Lipinski definition) is 3. The van der Waals surface area contributed by atoms with Gasteiger partial charge in [0, 0.05) is 45.8 Å². The van der Waals surface area contributed by atoms with Crippen molar-refractivity contribution in [3.05, 3.63) is 0 Å². The van der Waals surface area contributed by atoms with E-state index in [0.29, 0.717) is 24.9 Å². The highest BCUT2D eigenvalue weighted by Gasteiger charge is 2.15. The second-order valence-electron chi connectivity index (χ2n) is 6.90. The van der Waals surface area contributed by atoms with Crippen molar-refractivity contribution >= 4 is 11.9 Å². The highest BCUT2D eigenvalue weighted by Crippen LogP contribution is 2.17. The number of carbonyl (C=O) groups excluding carboxylic acids is 1. The minimum Gasteiger partial charge on any atom is -0.381 e. The van der Waals surface area contributed by atoms with Crippen LogP contribution in [-0.2, 0) is 9.53 Å². The van der Waals surface area contributed by atoms with Crippen LogP contribution in [0.3, 0.4) is 0 Å². The summed E-state index contributed by atoms with van der Waals surface area (Å²) >= 11 is 0. The molecule has 0 atom stereocenters. The van der Waals surface area contributed by atoms with Crippen molar-refractivity contribution in [2.75, 3.05) is 33.4 Å². The molecule has 0 aromatic carbocycles. The van der Waals surface area contributed by atoms with Crippen molar-refractivity contribution in [2.45, 2.75) is 64.8 Å². The highest BCUT2D eigenvalue weighted by molar-refractivity contribution is 5.81. The Morgan fingerprint density at radius 1 is 1.17 bits per heavy atom. The van der Waals surface area contributed by atoms with Crippen LogP contribution in [0.25, 0.3) is 0 Å². The summed E-state index contributed by atoms with van der Waals surface area (Å²) in [6.45, 7) is 7.27. The predicted octanol–water partition coefficient (Wildman–Crippen LogP) is 2.05. The first kappa shape index (κ1) is 20.7. The van der Waals surface area contributed by atoms with Crippen molar-refractivity contribution in [1.82, 2.24) is 16.0 Å². The maximum absolute atomic E-state index is 11.9. The fourth-order valence-electron chi connectivity index (χ4n) is 2.76. The van der Waals surface area contributed by atoms with Crippen LogP contribution in [0.4, 0.5) is 0 Å². The Balaban J connectivity index is 2.03. The molecule has 1 aliphatic rings. The van der Waals surface area contributed by atoms with E-state index < -0.39 is 0 Å². The van der Waals surface area contributed by atoms with Gasteiger partial charge in [-0.2, -0.15) is 0 Å². The predicted molar refractivity (Wildman–Crippen MR) is 99.3 cm³/mol. The zero-order valence-electron chi connectivity index (χ0n) is 15.7. The standard InChI is InChI=1S/C18H36N4O2/c1-15(2)14-24-13-7-11-20-18(19-3)21-12-10-17(23)22-16-8-5-4-6-9-16/h15-16H,4-14H2,1-3H3,(H,22,23)(H2,19,20,21). The first-order valence-corrected chi connectivity index (χ1v) is 9.43. The fraction of sp³-hybridized carbons (Fsp3) is 0.889. The van der Waals surface area contributed by atoms with Crippen molar-refractivity contribution in [1.29, 1.82) is 0 Å². The van der Waals surface area contributed by atoms with E-state index in [2.05, 4.69) is 34.8 Å². The van der Waals surface area contributed by atoms with Gasteiger partial charge in [-0.3, -0.25) is 9.79 Å². The Morgan fingerprint density at radius 2 is 1.88 bits per heavy atom. The van der Waals surface area contributed by atoms with Crippen LogP contribution in [0.2, 0.25) is 0 Å². The van der Waals surface area contributed by atoms with Crippen LogP contribution >= 0.6 is 0 Å². The van der Waals surface area contributed by atoms with Gasteiger partial charge in [-0.25, -0.2) is 0 Å². The molecule has 0 spiro atoms. The molecule has 0 aromatic rings. The lowest BCUT2D eigenvalue weighted by Gasteiger charge is -2.22. The lowest BCUT2D eigenvalue weighted by Crippen LogP contribution is -2.41. The molecule has 6 nitrogen and oxygen atoms in total. The molecule has 0 heterocycles. The molecule has 0 saturated heterocycles. The maximum Gasteiger partial charge on any atom is 0.221 e. The summed E-state index contributed by atoms with van der Waals surface area (Å²) in [5, 5.41) is 9.55. The average molecular weight is 341 g/mol.